The lowest BCUT2D eigenvalue weighted by molar-refractivity contribution is -0.128. The topological polar surface area (TPSA) is 32.8 Å². The van der Waals surface area contributed by atoms with E-state index in [0.717, 1.165) is 17.7 Å². The molecule has 1 heterocycles. The number of methoxy groups -OCH3 is 1. The molecule has 1 amide bonds. The number of hydrogen-bond donors (Lipinski definition) is 0. The fourth-order valence-corrected chi connectivity index (χ4v) is 3.85. The Labute approximate surface area is 174 Å². The molecule has 0 radical (unpaired) electrons. The van der Waals surface area contributed by atoms with Gasteiger partial charge in [-0.05, 0) is 40.7 Å². The number of carbonyl (C=O) groups excluding carboxylic acids is 1. The van der Waals surface area contributed by atoms with E-state index in [1.165, 1.54) is 11.1 Å². The van der Waals surface area contributed by atoms with Crippen LogP contribution in [0.5, 0.6) is 5.75 Å². The molecule has 1 atom stereocenters. The third kappa shape index (κ3) is 4.88. The van der Waals surface area contributed by atoms with E-state index < -0.39 is 0 Å². The highest BCUT2D eigenvalue weighted by molar-refractivity contribution is 5.81. The smallest absolute Gasteiger partial charge is 0.238 e. The predicted molar refractivity (Wildman–Crippen MR) is 118 cm³/mol. The van der Waals surface area contributed by atoms with Crippen LogP contribution in [-0.4, -0.2) is 42.5 Å². The minimum atomic E-state index is -0.0484. The normalized spacial score (nSPS) is 17.6. The van der Waals surface area contributed by atoms with Crippen LogP contribution in [0.3, 0.4) is 0 Å². The fraction of sp³-hybridized carbons (Fsp3) is 0.400. The van der Waals surface area contributed by atoms with Gasteiger partial charge in [0.05, 0.1) is 13.7 Å². The predicted octanol–water partition coefficient (Wildman–Crippen LogP) is 4.56. The van der Waals surface area contributed by atoms with Crippen LogP contribution in [0.25, 0.3) is 0 Å². The van der Waals surface area contributed by atoms with Crippen molar-refractivity contribution in [2.24, 2.45) is 0 Å². The van der Waals surface area contributed by atoms with Gasteiger partial charge in [0, 0.05) is 13.1 Å². The second-order valence-electron chi connectivity index (χ2n) is 8.65. The van der Waals surface area contributed by atoms with Crippen molar-refractivity contribution in [2.75, 3.05) is 26.7 Å². The van der Waals surface area contributed by atoms with Crippen molar-refractivity contribution in [1.82, 2.24) is 9.80 Å². The van der Waals surface area contributed by atoms with Crippen LogP contribution >= 0.6 is 0 Å². The van der Waals surface area contributed by atoms with E-state index in [1.807, 2.05) is 23.1 Å². The highest BCUT2D eigenvalue weighted by atomic mass is 16.5. The van der Waals surface area contributed by atoms with E-state index in [2.05, 4.69) is 68.6 Å². The lowest BCUT2D eigenvalue weighted by atomic mass is 9.86. The van der Waals surface area contributed by atoms with Crippen LogP contribution in [0, 0.1) is 0 Å². The molecule has 3 rings (SSSR count). The van der Waals surface area contributed by atoms with Crippen molar-refractivity contribution in [2.45, 2.75) is 38.8 Å². The van der Waals surface area contributed by atoms with Crippen LogP contribution < -0.4 is 4.74 Å². The Morgan fingerprint density at radius 3 is 2.31 bits per heavy atom. The first-order chi connectivity index (χ1) is 13.8. The lowest BCUT2D eigenvalue weighted by Crippen LogP contribution is -2.33. The van der Waals surface area contributed by atoms with Gasteiger partial charge in [-0.2, -0.15) is 0 Å². The van der Waals surface area contributed by atoms with Gasteiger partial charge in [0.25, 0.3) is 0 Å². The Morgan fingerprint density at radius 2 is 1.76 bits per heavy atom. The standard InChI is InChI=1S/C25H32N2O2/c1-6-16-26-18-23(28)27(17-15-19-7-13-22(29-5)14-8-19)24(26)20-9-11-21(12-10-20)25(2,3)4/h6-14,24H,1,15-18H2,2-5H3. The highest BCUT2D eigenvalue weighted by Gasteiger charge is 2.37. The number of nitrogens with zero attached hydrogens (tertiary/aromatic N) is 2. The molecule has 0 N–H and O–H groups in total. The fourth-order valence-electron chi connectivity index (χ4n) is 3.85. The summed E-state index contributed by atoms with van der Waals surface area (Å²) in [6.45, 7) is 12.3. The Hall–Kier alpha value is -2.59. The Bertz CT molecular complexity index is 835. The molecule has 0 saturated carbocycles. The maximum Gasteiger partial charge on any atom is 0.238 e. The van der Waals surface area contributed by atoms with E-state index in [0.29, 0.717) is 19.6 Å². The Morgan fingerprint density at radius 1 is 1.10 bits per heavy atom. The van der Waals surface area contributed by atoms with E-state index >= 15 is 0 Å². The summed E-state index contributed by atoms with van der Waals surface area (Å²) in [5.74, 6) is 1.02. The second-order valence-corrected chi connectivity index (χ2v) is 8.65. The van der Waals surface area contributed by atoms with Gasteiger partial charge in [0.15, 0.2) is 0 Å². The molecule has 0 aromatic heterocycles. The molecule has 1 unspecified atom stereocenters. The second kappa shape index (κ2) is 8.83. The summed E-state index contributed by atoms with van der Waals surface area (Å²) in [6, 6.07) is 16.8. The van der Waals surface area contributed by atoms with Crippen molar-refractivity contribution < 1.29 is 9.53 Å². The van der Waals surface area contributed by atoms with Gasteiger partial charge in [-0.15, -0.1) is 6.58 Å². The number of amides is 1. The molecule has 0 spiro atoms. The highest BCUT2D eigenvalue weighted by Crippen LogP contribution is 2.32. The third-order valence-corrected chi connectivity index (χ3v) is 5.54. The van der Waals surface area contributed by atoms with Crippen molar-refractivity contribution in [1.29, 1.82) is 0 Å². The van der Waals surface area contributed by atoms with Crippen LogP contribution in [0.2, 0.25) is 0 Å². The molecule has 154 valence electrons. The van der Waals surface area contributed by atoms with Crippen molar-refractivity contribution in [3.05, 3.63) is 77.9 Å². The largest absolute Gasteiger partial charge is 0.497 e. The molecule has 1 aliphatic heterocycles. The van der Waals surface area contributed by atoms with Gasteiger partial charge in [-0.1, -0.05) is 63.2 Å². The summed E-state index contributed by atoms with van der Waals surface area (Å²) in [5.41, 5.74) is 3.76. The minimum absolute atomic E-state index is 0.0484. The molecule has 1 aliphatic rings. The first kappa shape index (κ1) is 21.1. The van der Waals surface area contributed by atoms with Gasteiger partial charge >= 0.3 is 0 Å². The zero-order chi connectivity index (χ0) is 21.0. The zero-order valence-electron chi connectivity index (χ0n) is 18.0. The molecule has 0 aliphatic carbocycles. The summed E-state index contributed by atoms with van der Waals surface area (Å²) >= 11 is 0. The van der Waals surface area contributed by atoms with Crippen LogP contribution in [-0.2, 0) is 16.6 Å². The Kier molecular flexibility index (Phi) is 6.43. The van der Waals surface area contributed by atoms with Crippen LogP contribution in [0.4, 0.5) is 0 Å². The van der Waals surface area contributed by atoms with Gasteiger partial charge in [-0.25, -0.2) is 0 Å². The molecule has 2 aromatic rings. The van der Waals surface area contributed by atoms with E-state index in [-0.39, 0.29) is 17.5 Å². The molecule has 2 aromatic carbocycles. The average Bonchev–Trinajstić information content (AvgIpc) is 3.01. The monoisotopic (exact) mass is 392 g/mol. The van der Waals surface area contributed by atoms with E-state index in [4.69, 9.17) is 4.74 Å². The van der Waals surface area contributed by atoms with Crippen LogP contribution in [0.15, 0.2) is 61.2 Å². The molecule has 4 nitrogen and oxygen atoms in total. The van der Waals surface area contributed by atoms with E-state index in [9.17, 15) is 4.79 Å². The first-order valence-corrected chi connectivity index (χ1v) is 10.2. The molecular weight excluding hydrogens is 360 g/mol. The van der Waals surface area contributed by atoms with Crippen molar-refractivity contribution in [3.63, 3.8) is 0 Å². The molecule has 1 fully saturated rings. The SMILES string of the molecule is C=CCN1CC(=O)N(CCc2ccc(OC)cc2)C1c1ccc(C(C)(C)C)cc1. The zero-order valence-corrected chi connectivity index (χ0v) is 18.0. The summed E-state index contributed by atoms with van der Waals surface area (Å²) < 4.78 is 5.23. The summed E-state index contributed by atoms with van der Waals surface area (Å²) in [6.07, 6.45) is 2.64. The third-order valence-electron chi connectivity index (χ3n) is 5.54. The summed E-state index contributed by atoms with van der Waals surface area (Å²) in [5, 5.41) is 0. The first-order valence-electron chi connectivity index (χ1n) is 10.2. The maximum atomic E-state index is 12.8. The summed E-state index contributed by atoms with van der Waals surface area (Å²) in [7, 11) is 1.67. The van der Waals surface area contributed by atoms with Crippen LogP contribution in [0.1, 0.15) is 43.6 Å². The summed E-state index contributed by atoms with van der Waals surface area (Å²) in [4.78, 5) is 17.0. The molecular formula is C25H32N2O2. The van der Waals surface area contributed by atoms with Crippen molar-refractivity contribution in [3.8, 4) is 5.75 Å². The number of ether oxygens (including phenoxy) is 1. The Balaban J connectivity index is 1.81. The van der Waals surface area contributed by atoms with Gasteiger partial charge in [0.2, 0.25) is 5.91 Å². The van der Waals surface area contributed by atoms with Gasteiger partial charge in [-0.3, -0.25) is 9.69 Å². The minimum Gasteiger partial charge on any atom is -0.497 e. The van der Waals surface area contributed by atoms with Crippen molar-refractivity contribution >= 4 is 5.91 Å². The lowest BCUT2D eigenvalue weighted by Gasteiger charge is -2.30. The molecule has 0 bridgehead atoms. The molecule has 1 saturated heterocycles. The molecule has 4 heteroatoms. The average molecular weight is 393 g/mol. The van der Waals surface area contributed by atoms with E-state index in [1.54, 1.807) is 7.11 Å². The van der Waals surface area contributed by atoms with Gasteiger partial charge in [0.1, 0.15) is 11.9 Å². The maximum absolute atomic E-state index is 12.8. The number of carbonyl (C=O) groups is 1. The number of benzene rings is 2. The number of hydrogen-bond acceptors (Lipinski definition) is 3. The van der Waals surface area contributed by atoms with Gasteiger partial charge < -0.3 is 9.64 Å². The molecule has 29 heavy (non-hydrogen) atoms. The quantitative estimate of drug-likeness (QED) is 0.648. The number of rotatable bonds is 7.